The number of aromatic nitrogens is 1. The molecule has 0 aliphatic carbocycles. The molecule has 1 heterocycles. The number of unbranched alkanes of at least 4 members (excludes halogenated alkanes) is 1. The number of aromatic amines is 1. The first-order valence-electron chi connectivity index (χ1n) is 6.05. The van der Waals surface area contributed by atoms with E-state index in [0.29, 0.717) is 0 Å². The van der Waals surface area contributed by atoms with Crippen molar-refractivity contribution in [3.63, 3.8) is 0 Å². The van der Waals surface area contributed by atoms with Gasteiger partial charge in [0.05, 0.1) is 0 Å². The molecule has 0 radical (unpaired) electrons. The average molecular weight is 213 g/mol. The number of hydrogen-bond donors (Lipinski definition) is 1. The molecule has 16 heavy (non-hydrogen) atoms. The van der Waals surface area contributed by atoms with Gasteiger partial charge in [-0.15, -0.1) is 0 Å². The number of aryl methyl sites for hydroxylation is 2. The summed E-state index contributed by atoms with van der Waals surface area (Å²) in [5, 5.41) is 0. The van der Waals surface area contributed by atoms with Crippen molar-refractivity contribution in [2.75, 3.05) is 0 Å². The zero-order valence-electron chi connectivity index (χ0n) is 10.1. The number of benzene rings is 1. The monoisotopic (exact) mass is 213 g/mol. The molecular weight excluding hydrogens is 194 g/mol. The molecule has 1 aromatic heterocycles. The molecule has 0 saturated heterocycles. The summed E-state index contributed by atoms with van der Waals surface area (Å²) in [5.41, 5.74) is 5.44. The molecule has 0 saturated carbocycles. The minimum atomic E-state index is 1.18. The summed E-state index contributed by atoms with van der Waals surface area (Å²) in [4.78, 5) is 3.25. The van der Waals surface area contributed by atoms with Gasteiger partial charge in [-0.1, -0.05) is 37.6 Å². The third-order valence-electron chi connectivity index (χ3n) is 3.06. The molecule has 1 aromatic carbocycles. The lowest BCUT2D eigenvalue weighted by molar-refractivity contribution is 0.796. The molecule has 1 nitrogen and oxygen atoms in total. The van der Waals surface area contributed by atoms with Gasteiger partial charge in [0, 0.05) is 17.5 Å². The highest BCUT2D eigenvalue weighted by Crippen LogP contribution is 2.27. The molecule has 1 N–H and O–H groups in total. The molecule has 0 atom stereocenters. The Hall–Kier alpha value is -1.50. The zero-order chi connectivity index (χ0) is 11.4. The van der Waals surface area contributed by atoms with Crippen LogP contribution in [-0.2, 0) is 6.42 Å². The molecular formula is C15H19N. The first kappa shape index (κ1) is 11.0. The van der Waals surface area contributed by atoms with Gasteiger partial charge < -0.3 is 4.98 Å². The molecule has 84 valence electrons. The first-order chi connectivity index (χ1) is 7.83. The predicted octanol–water partition coefficient (Wildman–Crippen LogP) is 4.33. The molecule has 2 rings (SSSR count). The van der Waals surface area contributed by atoms with Crippen LogP contribution >= 0.6 is 0 Å². The Kier molecular flexibility index (Phi) is 3.45. The number of rotatable bonds is 4. The summed E-state index contributed by atoms with van der Waals surface area (Å²) < 4.78 is 0. The normalized spacial score (nSPS) is 10.6. The second-order valence-electron chi connectivity index (χ2n) is 4.28. The fourth-order valence-electron chi connectivity index (χ4n) is 2.11. The van der Waals surface area contributed by atoms with E-state index in [1.54, 1.807) is 0 Å². The van der Waals surface area contributed by atoms with Crippen LogP contribution in [0.25, 0.3) is 11.1 Å². The highest BCUT2D eigenvalue weighted by atomic mass is 14.7. The second kappa shape index (κ2) is 5.02. The quantitative estimate of drug-likeness (QED) is 0.778. The molecule has 0 fully saturated rings. The van der Waals surface area contributed by atoms with E-state index in [-0.39, 0.29) is 0 Å². The number of hydrogen-bond acceptors (Lipinski definition) is 0. The minimum Gasteiger partial charge on any atom is -0.365 e. The topological polar surface area (TPSA) is 15.8 Å². The van der Waals surface area contributed by atoms with Crippen LogP contribution in [0, 0.1) is 6.92 Å². The van der Waals surface area contributed by atoms with E-state index in [2.05, 4.69) is 49.2 Å². The molecule has 0 aliphatic heterocycles. The van der Waals surface area contributed by atoms with E-state index >= 15 is 0 Å². The number of nitrogens with one attached hydrogen (secondary N) is 1. The Morgan fingerprint density at radius 2 is 1.88 bits per heavy atom. The summed E-state index contributed by atoms with van der Waals surface area (Å²) in [6, 6.07) is 10.9. The molecule has 0 bridgehead atoms. The SMILES string of the molecule is CCCCc1ccccc1-c1cc[nH]c1C. The van der Waals surface area contributed by atoms with E-state index in [0.717, 1.165) is 0 Å². The van der Waals surface area contributed by atoms with Gasteiger partial charge in [-0.3, -0.25) is 0 Å². The van der Waals surface area contributed by atoms with Gasteiger partial charge in [0.2, 0.25) is 0 Å². The van der Waals surface area contributed by atoms with Crippen LogP contribution in [0.2, 0.25) is 0 Å². The van der Waals surface area contributed by atoms with Crippen LogP contribution in [-0.4, -0.2) is 4.98 Å². The smallest absolute Gasteiger partial charge is 0.0195 e. The maximum absolute atomic E-state index is 3.25. The van der Waals surface area contributed by atoms with Crippen molar-refractivity contribution in [2.24, 2.45) is 0 Å². The van der Waals surface area contributed by atoms with Crippen molar-refractivity contribution in [3.8, 4) is 11.1 Å². The lowest BCUT2D eigenvalue weighted by atomic mass is 9.96. The number of H-pyrrole nitrogens is 1. The van der Waals surface area contributed by atoms with Gasteiger partial charge in [-0.2, -0.15) is 0 Å². The fraction of sp³-hybridized carbons (Fsp3) is 0.333. The van der Waals surface area contributed by atoms with Crippen molar-refractivity contribution in [1.82, 2.24) is 4.98 Å². The van der Waals surface area contributed by atoms with E-state index < -0.39 is 0 Å². The third-order valence-corrected chi connectivity index (χ3v) is 3.06. The van der Waals surface area contributed by atoms with Gasteiger partial charge in [0.25, 0.3) is 0 Å². The first-order valence-corrected chi connectivity index (χ1v) is 6.05. The Labute approximate surface area is 97.5 Å². The van der Waals surface area contributed by atoms with E-state index in [1.165, 1.54) is 41.6 Å². The molecule has 0 unspecified atom stereocenters. The molecule has 0 aliphatic rings. The maximum atomic E-state index is 3.25. The van der Waals surface area contributed by atoms with Crippen molar-refractivity contribution in [3.05, 3.63) is 47.8 Å². The lowest BCUT2D eigenvalue weighted by Gasteiger charge is -2.08. The summed E-state index contributed by atoms with van der Waals surface area (Å²) in [5.74, 6) is 0. The Morgan fingerprint density at radius 1 is 1.06 bits per heavy atom. The van der Waals surface area contributed by atoms with Crippen LogP contribution in [0.1, 0.15) is 31.0 Å². The maximum Gasteiger partial charge on any atom is 0.0195 e. The van der Waals surface area contributed by atoms with E-state index in [4.69, 9.17) is 0 Å². The van der Waals surface area contributed by atoms with Crippen molar-refractivity contribution in [1.29, 1.82) is 0 Å². The Bertz CT molecular complexity index is 454. The van der Waals surface area contributed by atoms with Gasteiger partial charge in [0.15, 0.2) is 0 Å². The minimum absolute atomic E-state index is 1.18. The summed E-state index contributed by atoms with van der Waals surface area (Å²) >= 11 is 0. The van der Waals surface area contributed by atoms with Crippen molar-refractivity contribution < 1.29 is 0 Å². The van der Waals surface area contributed by atoms with E-state index in [9.17, 15) is 0 Å². The molecule has 0 amide bonds. The highest BCUT2D eigenvalue weighted by Gasteiger charge is 2.06. The Morgan fingerprint density at radius 3 is 2.56 bits per heavy atom. The van der Waals surface area contributed by atoms with E-state index in [1.807, 2.05) is 6.20 Å². The van der Waals surface area contributed by atoms with Crippen LogP contribution in [0.4, 0.5) is 0 Å². The van der Waals surface area contributed by atoms with Gasteiger partial charge in [-0.05, 0) is 37.0 Å². The summed E-state index contributed by atoms with van der Waals surface area (Å²) in [6.45, 7) is 4.37. The van der Waals surface area contributed by atoms with Gasteiger partial charge >= 0.3 is 0 Å². The molecule has 2 aromatic rings. The zero-order valence-corrected chi connectivity index (χ0v) is 10.1. The van der Waals surface area contributed by atoms with Crippen molar-refractivity contribution in [2.45, 2.75) is 33.1 Å². The Balaban J connectivity index is 2.37. The van der Waals surface area contributed by atoms with Crippen LogP contribution < -0.4 is 0 Å². The lowest BCUT2D eigenvalue weighted by Crippen LogP contribution is -1.90. The molecule has 1 heteroatoms. The largest absolute Gasteiger partial charge is 0.365 e. The average Bonchev–Trinajstić information content (AvgIpc) is 2.73. The third kappa shape index (κ3) is 2.19. The van der Waals surface area contributed by atoms with Crippen LogP contribution in [0.3, 0.4) is 0 Å². The summed E-state index contributed by atoms with van der Waals surface area (Å²) in [7, 11) is 0. The standard InChI is InChI=1S/C15H19N/c1-3-4-7-13-8-5-6-9-15(13)14-10-11-16-12(14)2/h5-6,8-11,16H,3-4,7H2,1-2H3. The predicted molar refractivity (Wildman–Crippen MR) is 69.6 cm³/mol. The van der Waals surface area contributed by atoms with Gasteiger partial charge in [0.1, 0.15) is 0 Å². The van der Waals surface area contributed by atoms with Crippen molar-refractivity contribution >= 4 is 0 Å². The highest BCUT2D eigenvalue weighted by molar-refractivity contribution is 5.69. The summed E-state index contributed by atoms with van der Waals surface area (Å²) in [6.07, 6.45) is 5.71. The van der Waals surface area contributed by atoms with Gasteiger partial charge in [-0.25, -0.2) is 0 Å². The molecule has 0 spiro atoms. The van der Waals surface area contributed by atoms with Crippen LogP contribution in [0.5, 0.6) is 0 Å². The fourth-order valence-corrected chi connectivity index (χ4v) is 2.11. The van der Waals surface area contributed by atoms with Crippen LogP contribution in [0.15, 0.2) is 36.5 Å². The second-order valence-corrected chi connectivity index (χ2v) is 4.28.